The first kappa shape index (κ1) is 25.4. The summed E-state index contributed by atoms with van der Waals surface area (Å²) in [4.78, 5) is 12.4. The van der Waals surface area contributed by atoms with E-state index in [2.05, 4.69) is 15.8 Å². The smallest absolute Gasteiger partial charge is 0.360 e. The molecule has 8 nitrogen and oxygen atoms in total. The van der Waals surface area contributed by atoms with Crippen LogP contribution in [-0.2, 0) is 10.0 Å². The number of halogens is 3. The van der Waals surface area contributed by atoms with Gasteiger partial charge in [-0.3, -0.25) is 4.79 Å². The molecule has 0 radical (unpaired) electrons. The fourth-order valence-corrected chi connectivity index (χ4v) is 6.76. The van der Waals surface area contributed by atoms with Gasteiger partial charge in [-0.05, 0) is 57.3 Å². The summed E-state index contributed by atoms with van der Waals surface area (Å²) in [5.41, 5.74) is 0.264. The number of piperidine rings is 1. The maximum Gasteiger partial charge on any atom is 0.390 e. The number of hydrogen-bond donors (Lipinski definition) is 2. The molecule has 0 spiro atoms. The Morgan fingerprint density at radius 1 is 1.06 bits per heavy atom. The van der Waals surface area contributed by atoms with Crippen molar-refractivity contribution in [2.24, 2.45) is 5.92 Å². The van der Waals surface area contributed by atoms with Gasteiger partial charge < -0.3 is 15.2 Å². The molecule has 1 aliphatic heterocycles. The van der Waals surface area contributed by atoms with E-state index in [0.717, 1.165) is 18.6 Å². The fraction of sp³-hybridized carbons (Fsp3) is 0.818. The van der Waals surface area contributed by atoms with Gasteiger partial charge in [-0.2, -0.15) is 13.2 Å². The van der Waals surface area contributed by atoms with Gasteiger partial charge in [-0.25, -0.2) is 12.7 Å². The molecule has 2 aliphatic carbocycles. The van der Waals surface area contributed by atoms with Crippen LogP contribution in [0.15, 0.2) is 10.6 Å². The van der Waals surface area contributed by atoms with Crippen LogP contribution in [0.3, 0.4) is 0 Å². The summed E-state index contributed by atoms with van der Waals surface area (Å²) in [7, 11) is -3.42. The Bertz CT molecular complexity index is 932. The minimum absolute atomic E-state index is 0.0192. The zero-order valence-electron chi connectivity index (χ0n) is 19.1. The lowest BCUT2D eigenvalue weighted by Gasteiger charge is -2.34. The molecule has 1 amide bonds. The largest absolute Gasteiger partial charge is 0.390 e. The summed E-state index contributed by atoms with van der Waals surface area (Å²) in [6.07, 6.45) is 0.941. The van der Waals surface area contributed by atoms with Gasteiger partial charge in [0, 0.05) is 43.7 Å². The molecule has 0 atom stereocenters. The van der Waals surface area contributed by atoms with Crippen LogP contribution in [0.4, 0.5) is 13.2 Å². The zero-order chi connectivity index (χ0) is 24.3. The van der Waals surface area contributed by atoms with E-state index in [4.69, 9.17) is 4.52 Å². The van der Waals surface area contributed by atoms with Crippen molar-refractivity contribution in [3.63, 3.8) is 0 Å². The van der Waals surface area contributed by atoms with E-state index in [1.165, 1.54) is 4.31 Å². The van der Waals surface area contributed by atoms with Crippen LogP contribution < -0.4 is 10.6 Å². The highest BCUT2D eigenvalue weighted by Gasteiger charge is 2.34. The number of amides is 1. The minimum Gasteiger partial charge on any atom is -0.360 e. The SMILES string of the molecule is O=C(NC1CCN(S(=O)(=O)CC2CCC(NCCC(F)(F)F)CC2)CC1)c1cc(C2CC2)on1. The molecule has 1 aromatic heterocycles. The van der Waals surface area contributed by atoms with Gasteiger partial charge in [0.1, 0.15) is 5.76 Å². The maximum atomic E-state index is 12.9. The van der Waals surface area contributed by atoms with Crippen molar-refractivity contribution in [3.8, 4) is 0 Å². The van der Waals surface area contributed by atoms with Crippen molar-refractivity contribution in [1.29, 1.82) is 0 Å². The standard InChI is InChI=1S/C22H33F3N4O4S/c23-22(24,25)9-10-26-17-5-1-15(2-6-17)14-34(31,32)29-11-7-18(8-12-29)27-21(30)19-13-20(33-28-19)16-3-4-16/h13,15-18,26H,1-12,14H2,(H,27,30). The molecule has 12 heteroatoms. The first-order chi connectivity index (χ1) is 16.1. The fourth-order valence-electron chi connectivity index (χ4n) is 4.85. The van der Waals surface area contributed by atoms with Gasteiger partial charge in [-0.15, -0.1) is 0 Å². The van der Waals surface area contributed by atoms with E-state index in [-0.39, 0.29) is 41.9 Å². The molecule has 4 rings (SSSR count). The number of aromatic nitrogens is 1. The summed E-state index contributed by atoms with van der Waals surface area (Å²) in [5.74, 6) is 0.927. The molecule has 192 valence electrons. The van der Waals surface area contributed by atoms with Crippen molar-refractivity contribution < 1.29 is 30.9 Å². The Morgan fingerprint density at radius 3 is 2.35 bits per heavy atom. The third kappa shape index (κ3) is 7.17. The second kappa shape index (κ2) is 10.5. The van der Waals surface area contributed by atoms with Crippen LogP contribution in [0.2, 0.25) is 0 Å². The quantitative estimate of drug-likeness (QED) is 0.533. The lowest BCUT2D eigenvalue weighted by Crippen LogP contribution is -2.48. The van der Waals surface area contributed by atoms with E-state index in [9.17, 15) is 26.4 Å². The molecule has 3 fully saturated rings. The highest BCUT2D eigenvalue weighted by molar-refractivity contribution is 7.89. The monoisotopic (exact) mass is 506 g/mol. The Kier molecular flexibility index (Phi) is 7.88. The van der Waals surface area contributed by atoms with Gasteiger partial charge in [-0.1, -0.05) is 5.16 Å². The lowest BCUT2D eigenvalue weighted by molar-refractivity contribution is -0.133. The molecule has 1 aromatic rings. The Balaban J connectivity index is 1.16. The number of nitrogens with zero attached hydrogens (tertiary/aromatic N) is 2. The molecule has 0 unspecified atom stereocenters. The Morgan fingerprint density at radius 2 is 1.74 bits per heavy atom. The average Bonchev–Trinajstić information content (AvgIpc) is 3.50. The molecule has 34 heavy (non-hydrogen) atoms. The van der Waals surface area contributed by atoms with Gasteiger partial charge in [0.05, 0.1) is 12.2 Å². The van der Waals surface area contributed by atoms with Crippen LogP contribution in [0.1, 0.15) is 80.0 Å². The minimum atomic E-state index is -4.16. The van der Waals surface area contributed by atoms with Gasteiger partial charge >= 0.3 is 6.18 Å². The summed E-state index contributed by atoms with van der Waals surface area (Å²) in [5, 5.41) is 9.72. The molecule has 1 saturated heterocycles. The summed E-state index contributed by atoms with van der Waals surface area (Å²) >= 11 is 0. The lowest BCUT2D eigenvalue weighted by atomic mass is 9.87. The molecule has 2 heterocycles. The van der Waals surface area contributed by atoms with Crippen LogP contribution in [0.25, 0.3) is 0 Å². The number of alkyl halides is 3. The predicted octanol–water partition coefficient (Wildman–Crippen LogP) is 3.18. The van der Waals surface area contributed by atoms with Crippen LogP contribution in [-0.4, -0.2) is 67.4 Å². The molecular weight excluding hydrogens is 473 g/mol. The van der Waals surface area contributed by atoms with Gasteiger partial charge in [0.25, 0.3) is 5.91 Å². The molecule has 2 saturated carbocycles. The molecular formula is C22H33F3N4O4S. The summed E-state index contributed by atoms with van der Waals surface area (Å²) in [6, 6.07) is 1.59. The third-order valence-electron chi connectivity index (χ3n) is 7.06. The number of carbonyl (C=O) groups excluding carboxylic acids is 1. The Hall–Kier alpha value is -1.66. The van der Waals surface area contributed by atoms with Crippen LogP contribution in [0, 0.1) is 5.92 Å². The molecule has 0 bridgehead atoms. The van der Waals surface area contributed by atoms with Crippen molar-refractivity contribution in [2.75, 3.05) is 25.4 Å². The van der Waals surface area contributed by atoms with E-state index in [0.29, 0.717) is 57.5 Å². The second-order valence-corrected chi connectivity index (χ2v) is 11.9. The van der Waals surface area contributed by atoms with Crippen LogP contribution >= 0.6 is 0 Å². The van der Waals surface area contributed by atoms with Crippen LogP contribution in [0.5, 0.6) is 0 Å². The van der Waals surface area contributed by atoms with E-state index < -0.39 is 22.6 Å². The number of sulfonamides is 1. The van der Waals surface area contributed by atoms with Gasteiger partial charge in [0.15, 0.2) is 5.69 Å². The first-order valence-corrected chi connectivity index (χ1v) is 13.8. The molecule has 2 N–H and O–H groups in total. The second-order valence-electron chi connectivity index (χ2n) is 9.85. The van der Waals surface area contributed by atoms with E-state index in [1.807, 2.05) is 0 Å². The number of hydrogen-bond acceptors (Lipinski definition) is 6. The van der Waals surface area contributed by atoms with Crippen molar-refractivity contribution in [2.45, 2.75) is 82.0 Å². The predicted molar refractivity (Wildman–Crippen MR) is 119 cm³/mol. The summed E-state index contributed by atoms with van der Waals surface area (Å²) < 4.78 is 69.4. The number of carbonyl (C=O) groups is 1. The molecule has 0 aromatic carbocycles. The molecule has 3 aliphatic rings. The third-order valence-corrected chi connectivity index (χ3v) is 9.10. The zero-order valence-corrected chi connectivity index (χ0v) is 20.0. The van der Waals surface area contributed by atoms with Gasteiger partial charge in [0.2, 0.25) is 10.0 Å². The van der Waals surface area contributed by atoms with E-state index in [1.54, 1.807) is 6.07 Å². The maximum absolute atomic E-state index is 12.9. The normalized spacial score (nSPS) is 25.4. The Labute approximate surface area is 198 Å². The van der Waals surface area contributed by atoms with Crippen molar-refractivity contribution in [3.05, 3.63) is 17.5 Å². The number of nitrogens with one attached hydrogen (secondary N) is 2. The average molecular weight is 507 g/mol. The topological polar surface area (TPSA) is 105 Å². The van der Waals surface area contributed by atoms with E-state index >= 15 is 0 Å². The summed E-state index contributed by atoms with van der Waals surface area (Å²) in [6.45, 7) is 0.614. The highest BCUT2D eigenvalue weighted by atomic mass is 32.2. The first-order valence-electron chi connectivity index (χ1n) is 12.1. The number of rotatable bonds is 9. The van der Waals surface area contributed by atoms with Crippen molar-refractivity contribution >= 4 is 15.9 Å². The highest BCUT2D eigenvalue weighted by Crippen LogP contribution is 2.40. The van der Waals surface area contributed by atoms with Crippen molar-refractivity contribution in [1.82, 2.24) is 20.1 Å².